The third kappa shape index (κ3) is 4.30. The van der Waals surface area contributed by atoms with Gasteiger partial charge in [0.25, 0.3) is 0 Å². The highest BCUT2D eigenvalue weighted by Crippen LogP contribution is 2.18. The molecule has 0 fully saturated rings. The van der Waals surface area contributed by atoms with Crippen LogP contribution in [0.4, 0.5) is 0 Å². The van der Waals surface area contributed by atoms with Crippen molar-refractivity contribution in [2.24, 2.45) is 0 Å². The summed E-state index contributed by atoms with van der Waals surface area (Å²) in [7, 11) is 0. The molecule has 96 valence electrons. The first-order valence-corrected chi connectivity index (χ1v) is 6.02. The molecular weight excluding hydrogens is 214 g/mol. The van der Waals surface area contributed by atoms with E-state index in [9.17, 15) is 0 Å². The molecule has 0 atom stereocenters. The van der Waals surface area contributed by atoms with E-state index in [1.54, 1.807) is 0 Å². The van der Waals surface area contributed by atoms with Gasteiger partial charge in [0.1, 0.15) is 0 Å². The number of aromatic nitrogens is 2. The van der Waals surface area contributed by atoms with Gasteiger partial charge >= 0.3 is 0 Å². The summed E-state index contributed by atoms with van der Waals surface area (Å²) in [6.07, 6.45) is 0. The lowest BCUT2D eigenvalue weighted by molar-refractivity contribution is 0.251. The Kier molecular flexibility index (Phi) is 4.46. The molecule has 4 nitrogen and oxygen atoms in total. The molecular formula is C13H23N3O. The van der Waals surface area contributed by atoms with Crippen molar-refractivity contribution < 1.29 is 4.52 Å². The Morgan fingerprint density at radius 3 is 2.47 bits per heavy atom. The fraction of sp³-hybridized carbons (Fsp3) is 0.692. The van der Waals surface area contributed by atoms with Crippen LogP contribution in [0.2, 0.25) is 0 Å². The van der Waals surface area contributed by atoms with Gasteiger partial charge in [-0.2, -0.15) is 4.98 Å². The summed E-state index contributed by atoms with van der Waals surface area (Å²) >= 11 is 0. The number of nitrogens with zero attached hydrogens (tertiary/aromatic N) is 3. The number of hydrogen-bond acceptors (Lipinski definition) is 4. The highest BCUT2D eigenvalue weighted by atomic mass is 16.5. The highest BCUT2D eigenvalue weighted by Gasteiger charge is 2.21. The van der Waals surface area contributed by atoms with Crippen molar-refractivity contribution in [1.82, 2.24) is 15.0 Å². The Labute approximate surface area is 104 Å². The first-order valence-electron chi connectivity index (χ1n) is 6.02. The predicted octanol–water partition coefficient (Wildman–Crippen LogP) is 2.77. The topological polar surface area (TPSA) is 42.2 Å². The molecule has 0 spiro atoms. The Morgan fingerprint density at radius 1 is 1.41 bits per heavy atom. The van der Waals surface area contributed by atoms with Crippen molar-refractivity contribution in [3.63, 3.8) is 0 Å². The largest absolute Gasteiger partial charge is 0.338 e. The Morgan fingerprint density at radius 2 is 2.06 bits per heavy atom. The van der Waals surface area contributed by atoms with E-state index < -0.39 is 0 Å². The second-order valence-corrected chi connectivity index (χ2v) is 5.52. The summed E-state index contributed by atoms with van der Waals surface area (Å²) < 4.78 is 5.27. The van der Waals surface area contributed by atoms with Crippen molar-refractivity contribution >= 4 is 0 Å². The minimum absolute atomic E-state index is 0.0624. The van der Waals surface area contributed by atoms with Crippen molar-refractivity contribution in [3.8, 4) is 0 Å². The fourth-order valence-corrected chi connectivity index (χ4v) is 1.48. The third-order valence-corrected chi connectivity index (χ3v) is 2.44. The van der Waals surface area contributed by atoms with E-state index >= 15 is 0 Å². The van der Waals surface area contributed by atoms with Crippen molar-refractivity contribution in [2.75, 3.05) is 13.1 Å². The maximum absolute atomic E-state index is 5.27. The Bertz CT molecular complexity index is 376. The first-order chi connectivity index (χ1) is 7.82. The van der Waals surface area contributed by atoms with E-state index in [0.717, 1.165) is 24.5 Å². The van der Waals surface area contributed by atoms with Gasteiger partial charge in [-0.05, 0) is 13.5 Å². The minimum Gasteiger partial charge on any atom is -0.338 e. The number of hydrogen-bond donors (Lipinski definition) is 0. The third-order valence-electron chi connectivity index (χ3n) is 2.44. The molecule has 0 saturated carbocycles. The molecule has 0 aromatic carbocycles. The number of likely N-dealkylation sites (N-methyl/N-ethyl adjacent to an activating group) is 1. The monoisotopic (exact) mass is 237 g/mol. The molecule has 0 aliphatic carbocycles. The first kappa shape index (κ1) is 13.9. The van der Waals surface area contributed by atoms with Gasteiger partial charge in [0.15, 0.2) is 5.82 Å². The van der Waals surface area contributed by atoms with Crippen LogP contribution in [0.15, 0.2) is 16.7 Å². The quantitative estimate of drug-likeness (QED) is 0.738. The molecule has 1 heterocycles. The molecule has 1 rings (SSSR count). The van der Waals surface area contributed by atoms with E-state index in [1.807, 2.05) is 6.92 Å². The van der Waals surface area contributed by atoms with Crippen LogP contribution in [0.5, 0.6) is 0 Å². The van der Waals surface area contributed by atoms with Crippen LogP contribution in [0.25, 0.3) is 0 Å². The van der Waals surface area contributed by atoms with Crippen LogP contribution >= 0.6 is 0 Å². The van der Waals surface area contributed by atoms with Gasteiger partial charge in [-0.1, -0.05) is 45.0 Å². The lowest BCUT2D eigenvalue weighted by Gasteiger charge is -2.17. The summed E-state index contributed by atoms with van der Waals surface area (Å²) in [5.74, 6) is 1.44. The lowest BCUT2D eigenvalue weighted by Crippen LogP contribution is -2.24. The van der Waals surface area contributed by atoms with E-state index in [-0.39, 0.29) is 5.41 Å². The van der Waals surface area contributed by atoms with Gasteiger partial charge in [-0.25, -0.2) is 0 Å². The predicted molar refractivity (Wildman–Crippen MR) is 68.8 cm³/mol. The summed E-state index contributed by atoms with van der Waals surface area (Å²) in [6.45, 7) is 16.8. The molecule has 0 aliphatic heterocycles. The molecule has 17 heavy (non-hydrogen) atoms. The van der Waals surface area contributed by atoms with Crippen LogP contribution in [0.3, 0.4) is 0 Å². The maximum Gasteiger partial charge on any atom is 0.240 e. The van der Waals surface area contributed by atoms with E-state index in [1.165, 1.54) is 0 Å². The van der Waals surface area contributed by atoms with Gasteiger partial charge < -0.3 is 4.52 Å². The zero-order valence-electron chi connectivity index (χ0n) is 11.6. The molecule has 0 aliphatic rings. The van der Waals surface area contributed by atoms with Crippen molar-refractivity contribution in [2.45, 2.75) is 46.6 Å². The van der Waals surface area contributed by atoms with Crippen LogP contribution < -0.4 is 0 Å². The van der Waals surface area contributed by atoms with Crippen molar-refractivity contribution in [1.29, 1.82) is 0 Å². The summed E-state index contributed by atoms with van der Waals surface area (Å²) in [5, 5.41) is 4.02. The highest BCUT2D eigenvalue weighted by molar-refractivity contribution is 5.00. The van der Waals surface area contributed by atoms with Crippen LogP contribution in [-0.4, -0.2) is 28.1 Å². The molecule has 0 amide bonds. The van der Waals surface area contributed by atoms with Gasteiger partial charge in [-0.3, -0.25) is 4.90 Å². The Balaban J connectivity index is 2.68. The normalized spacial score (nSPS) is 12.1. The fourth-order valence-electron chi connectivity index (χ4n) is 1.48. The molecule has 1 aromatic heterocycles. The summed E-state index contributed by atoms with van der Waals surface area (Å²) in [5.41, 5.74) is 1.08. The van der Waals surface area contributed by atoms with E-state index in [4.69, 9.17) is 4.52 Å². The summed E-state index contributed by atoms with van der Waals surface area (Å²) in [6, 6.07) is 0. The zero-order valence-corrected chi connectivity index (χ0v) is 11.6. The van der Waals surface area contributed by atoms with Gasteiger partial charge in [-0.15, -0.1) is 0 Å². The average Bonchev–Trinajstić information content (AvgIpc) is 2.63. The van der Waals surface area contributed by atoms with Crippen LogP contribution in [-0.2, 0) is 12.0 Å². The van der Waals surface area contributed by atoms with E-state index in [0.29, 0.717) is 12.4 Å². The van der Waals surface area contributed by atoms with Crippen LogP contribution in [0.1, 0.15) is 46.3 Å². The lowest BCUT2D eigenvalue weighted by atomic mass is 9.96. The molecule has 0 N–H and O–H groups in total. The van der Waals surface area contributed by atoms with Gasteiger partial charge in [0, 0.05) is 12.0 Å². The van der Waals surface area contributed by atoms with E-state index in [2.05, 4.69) is 49.3 Å². The minimum atomic E-state index is -0.0624. The number of rotatable bonds is 5. The standard InChI is InChI=1S/C13H23N3O/c1-7-16(8-10(2)3)9-11-14-12(15-17-11)13(4,5)6/h2,7-9H2,1,3-6H3. The molecule has 0 unspecified atom stereocenters. The zero-order chi connectivity index (χ0) is 13.1. The molecule has 0 saturated heterocycles. The smallest absolute Gasteiger partial charge is 0.240 e. The van der Waals surface area contributed by atoms with Crippen LogP contribution in [0, 0.1) is 0 Å². The summed E-state index contributed by atoms with van der Waals surface area (Å²) in [4.78, 5) is 6.65. The molecule has 1 aromatic rings. The average molecular weight is 237 g/mol. The van der Waals surface area contributed by atoms with Gasteiger partial charge in [0.05, 0.1) is 6.54 Å². The molecule has 0 radical (unpaired) electrons. The van der Waals surface area contributed by atoms with Crippen molar-refractivity contribution in [3.05, 3.63) is 23.9 Å². The maximum atomic E-state index is 5.27. The second kappa shape index (κ2) is 5.45. The van der Waals surface area contributed by atoms with Gasteiger partial charge in [0.2, 0.25) is 5.89 Å². The Hall–Kier alpha value is -1.16. The SMILES string of the molecule is C=C(C)CN(CC)Cc1nc(C(C)(C)C)no1. The molecule has 0 bridgehead atoms. The molecule has 4 heteroatoms. The second-order valence-electron chi connectivity index (χ2n) is 5.52.